The number of thioether (sulfide) groups is 1. The smallest absolute Gasteiger partial charge is 0.240 e. The molecule has 0 aliphatic rings. The number of hydrogen-bond donors (Lipinski definition) is 2. The van der Waals surface area contributed by atoms with Gasteiger partial charge in [0, 0.05) is 17.5 Å². The average molecular weight is 393 g/mol. The summed E-state index contributed by atoms with van der Waals surface area (Å²) >= 11 is 1.53. The molecule has 0 saturated heterocycles. The highest BCUT2D eigenvalue weighted by Gasteiger charge is 2.16. The van der Waals surface area contributed by atoms with Crippen LogP contribution in [-0.2, 0) is 20.6 Å². The number of sulfonamides is 1. The van der Waals surface area contributed by atoms with Gasteiger partial charge in [0.25, 0.3) is 0 Å². The van der Waals surface area contributed by atoms with Crippen LogP contribution in [-0.4, -0.2) is 26.1 Å². The maximum absolute atomic E-state index is 12.2. The number of rotatable bonds is 9. The van der Waals surface area contributed by atoms with Crippen LogP contribution in [0.1, 0.15) is 25.8 Å². The van der Waals surface area contributed by atoms with Crippen LogP contribution >= 0.6 is 11.8 Å². The molecule has 140 valence electrons. The van der Waals surface area contributed by atoms with Gasteiger partial charge in [0.05, 0.1) is 10.6 Å². The Morgan fingerprint density at radius 1 is 1.08 bits per heavy atom. The van der Waals surface area contributed by atoms with Gasteiger partial charge in [0.2, 0.25) is 15.9 Å². The lowest BCUT2D eigenvalue weighted by Gasteiger charge is -2.12. The summed E-state index contributed by atoms with van der Waals surface area (Å²) in [6, 6.07) is 16.0. The number of anilines is 1. The van der Waals surface area contributed by atoms with Gasteiger partial charge in [-0.15, -0.1) is 11.8 Å². The Morgan fingerprint density at radius 3 is 2.35 bits per heavy atom. The molecule has 1 amide bonds. The Labute approximate surface area is 159 Å². The van der Waals surface area contributed by atoms with Crippen LogP contribution in [0.3, 0.4) is 0 Å². The van der Waals surface area contributed by atoms with E-state index in [0.717, 1.165) is 5.75 Å². The molecule has 1 unspecified atom stereocenters. The minimum Gasteiger partial charge on any atom is -0.325 e. The summed E-state index contributed by atoms with van der Waals surface area (Å²) in [5.74, 6) is 0.997. The second-order valence-electron chi connectivity index (χ2n) is 5.98. The molecule has 0 fully saturated rings. The number of carbonyl (C=O) groups excluding carboxylic acids is 1. The number of amides is 1. The van der Waals surface area contributed by atoms with Gasteiger partial charge in [-0.05, 0) is 43.2 Å². The van der Waals surface area contributed by atoms with Crippen molar-refractivity contribution >= 4 is 33.4 Å². The zero-order chi connectivity index (χ0) is 19.0. The van der Waals surface area contributed by atoms with E-state index in [9.17, 15) is 13.2 Å². The maximum Gasteiger partial charge on any atom is 0.240 e. The van der Waals surface area contributed by atoms with Crippen LogP contribution in [0.25, 0.3) is 0 Å². The van der Waals surface area contributed by atoms with Crippen LogP contribution < -0.4 is 10.0 Å². The maximum atomic E-state index is 12.2. The molecule has 0 spiro atoms. The second kappa shape index (κ2) is 9.75. The Morgan fingerprint density at radius 2 is 1.73 bits per heavy atom. The normalized spacial score (nSPS) is 12.5. The van der Waals surface area contributed by atoms with Crippen molar-refractivity contribution in [2.45, 2.75) is 37.0 Å². The lowest BCUT2D eigenvalue weighted by Crippen LogP contribution is -2.31. The zero-order valence-electron chi connectivity index (χ0n) is 14.9. The first-order valence-corrected chi connectivity index (χ1v) is 11.1. The third-order valence-corrected chi connectivity index (χ3v) is 6.37. The fourth-order valence-electron chi connectivity index (χ4n) is 2.17. The molecule has 0 radical (unpaired) electrons. The zero-order valence-corrected chi connectivity index (χ0v) is 16.6. The monoisotopic (exact) mass is 392 g/mol. The van der Waals surface area contributed by atoms with E-state index in [1.165, 1.54) is 29.5 Å². The first-order chi connectivity index (χ1) is 12.4. The van der Waals surface area contributed by atoms with Gasteiger partial charge in [0.1, 0.15) is 0 Å². The predicted molar refractivity (Wildman–Crippen MR) is 108 cm³/mol. The molecule has 2 rings (SSSR count). The lowest BCUT2D eigenvalue weighted by molar-refractivity contribution is -0.113. The summed E-state index contributed by atoms with van der Waals surface area (Å²) in [5, 5.41) is 2.78. The van der Waals surface area contributed by atoms with Crippen molar-refractivity contribution in [3.8, 4) is 0 Å². The summed E-state index contributed by atoms with van der Waals surface area (Å²) < 4.78 is 27.0. The quantitative estimate of drug-likeness (QED) is 0.683. The van der Waals surface area contributed by atoms with Crippen LogP contribution in [0.2, 0.25) is 0 Å². The second-order valence-corrected chi connectivity index (χ2v) is 8.68. The van der Waals surface area contributed by atoms with E-state index in [1.807, 2.05) is 44.2 Å². The number of nitrogens with one attached hydrogen (secondary N) is 2. The minimum absolute atomic E-state index is 0.112. The van der Waals surface area contributed by atoms with Crippen molar-refractivity contribution in [1.82, 2.24) is 4.72 Å². The predicted octanol–water partition coefficient (Wildman–Crippen LogP) is 3.64. The molecule has 0 saturated carbocycles. The Kier molecular flexibility index (Phi) is 7.68. The van der Waals surface area contributed by atoms with Crippen LogP contribution in [0.15, 0.2) is 59.5 Å². The number of carbonyl (C=O) groups is 1. The SMILES string of the molecule is CCC(C)NS(=O)(=O)c1ccc(NC(=O)CSCc2ccccc2)cc1. The Balaban J connectivity index is 1.85. The van der Waals surface area contributed by atoms with Crippen molar-refractivity contribution in [2.24, 2.45) is 0 Å². The molecule has 0 aliphatic carbocycles. The molecule has 0 bridgehead atoms. The topological polar surface area (TPSA) is 75.3 Å². The van der Waals surface area contributed by atoms with Crippen molar-refractivity contribution in [2.75, 3.05) is 11.1 Å². The van der Waals surface area contributed by atoms with Crippen molar-refractivity contribution in [1.29, 1.82) is 0 Å². The van der Waals surface area contributed by atoms with Gasteiger partial charge >= 0.3 is 0 Å². The third kappa shape index (κ3) is 6.48. The molecule has 0 aromatic heterocycles. The highest BCUT2D eigenvalue weighted by molar-refractivity contribution is 7.99. The summed E-state index contributed by atoms with van der Waals surface area (Å²) in [6.45, 7) is 3.74. The standard InChI is InChI=1S/C19H24N2O3S2/c1-3-15(2)21-26(23,24)18-11-9-17(10-12-18)20-19(22)14-25-13-16-7-5-4-6-8-16/h4-12,15,21H,3,13-14H2,1-2H3,(H,20,22). The first-order valence-electron chi connectivity index (χ1n) is 8.44. The van der Waals surface area contributed by atoms with E-state index in [-0.39, 0.29) is 16.8 Å². The molecular formula is C19H24N2O3S2. The van der Waals surface area contributed by atoms with Crippen molar-refractivity contribution < 1.29 is 13.2 Å². The Bertz CT molecular complexity index is 806. The molecule has 26 heavy (non-hydrogen) atoms. The van der Waals surface area contributed by atoms with Crippen LogP contribution in [0, 0.1) is 0 Å². The molecule has 2 aromatic carbocycles. The van der Waals surface area contributed by atoms with Gasteiger partial charge in [-0.3, -0.25) is 4.79 Å². The summed E-state index contributed by atoms with van der Waals surface area (Å²) in [7, 11) is -3.53. The van der Waals surface area contributed by atoms with Gasteiger partial charge in [-0.2, -0.15) is 0 Å². The van der Waals surface area contributed by atoms with E-state index in [1.54, 1.807) is 12.1 Å². The van der Waals surface area contributed by atoms with Gasteiger partial charge < -0.3 is 5.32 Å². The summed E-state index contributed by atoms with van der Waals surface area (Å²) in [5.41, 5.74) is 1.76. The van der Waals surface area contributed by atoms with Crippen LogP contribution in [0.5, 0.6) is 0 Å². The van der Waals surface area contributed by atoms with Gasteiger partial charge in [-0.25, -0.2) is 13.1 Å². The molecular weight excluding hydrogens is 368 g/mol. The largest absolute Gasteiger partial charge is 0.325 e. The molecule has 7 heteroatoms. The number of benzene rings is 2. The van der Waals surface area contributed by atoms with Crippen molar-refractivity contribution in [3.63, 3.8) is 0 Å². The minimum atomic E-state index is -3.53. The molecule has 1 atom stereocenters. The number of hydrogen-bond acceptors (Lipinski definition) is 4. The van der Waals surface area contributed by atoms with E-state index >= 15 is 0 Å². The fraction of sp³-hybridized carbons (Fsp3) is 0.316. The summed E-state index contributed by atoms with van der Waals surface area (Å²) in [6.07, 6.45) is 0.716. The first kappa shape index (κ1) is 20.5. The van der Waals surface area contributed by atoms with Crippen LogP contribution in [0.4, 0.5) is 5.69 Å². The van der Waals surface area contributed by atoms with E-state index in [2.05, 4.69) is 10.0 Å². The lowest BCUT2D eigenvalue weighted by atomic mass is 10.2. The molecule has 0 heterocycles. The summed E-state index contributed by atoms with van der Waals surface area (Å²) in [4.78, 5) is 12.2. The van der Waals surface area contributed by atoms with Crippen molar-refractivity contribution in [3.05, 3.63) is 60.2 Å². The molecule has 5 nitrogen and oxygen atoms in total. The average Bonchev–Trinajstić information content (AvgIpc) is 2.62. The van der Waals surface area contributed by atoms with E-state index in [0.29, 0.717) is 17.9 Å². The molecule has 2 aromatic rings. The van der Waals surface area contributed by atoms with E-state index in [4.69, 9.17) is 0 Å². The highest BCUT2D eigenvalue weighted by atomic mass is 32.2. The Hall–Kier alpha value is -1.83. The van der Waals surface area contributed by atoms with Gasteiger partial charge in [0.15, 0.2) is 0 Å². The van der Waals surface area contributed by atoms with E-state index < -0.39 is 10.0 Å². The fourth-order valence-corrected chi connectivity index (χ4v) is 4.28. The van der Waals surface area contributed by atoms with Gasteiger partial charge in [-0.1, -0.05) is 37.3 Å². The highest BCUT2D eigenvalue weighted by Crippen LogP contribution is 2.16. The molecule has 0 aliphatic heterocycles. The third-order valence-electron chi connectivity index (χ3n) is 3.76. The molecule has 2 N–H and O–H groups in total.